The minimum absolute atomic E-state index is 0.522. The zero-order valence-electron chi connectivity index (χ0n) is 5.45. The van der Waals surface area contributed by atoms with Gasteiger partial charge in [0.15, 0.2) is 6.29 Å². The highest BCUT2D eigenvalue weighted by molar-refractivity contribution is 5.74. The minimum Gasteiger partial charge on any atom is -0.342 e. The van der Waals surface area contributed by atoms with E-state index in [-0.39, 0.29) is 0 Å². The highest BCUT2D eigenvalue weighted by Crippen LogP contribution is 1.96. The minimum atomic E-state index is 0.522. The van der Waals surface area contributed by atoms with Crippen LogP contribution in [-0.2, 0) is 6.54 Å². The van der Waals surface area contributed by atoms with Gasteiger partial charge in [0.1, 0.15) is 0 Å². The van der Waals surface area contributed by atoms with Gasteiger partial charge in [0, 0.05) is 18.0 Å². The van der Waals surface area contributed by atoms with E-state index in [1.54, 1.807) is 23.0 Å². The van der Waals surface area contributed by atoms with Crippen LogP contribution < -0.4 is 0 Å². The molecule has 1 rings (SSSR count). The maximum atomic E-state index is 10.2. The van der Waals surface area contributed by atoms with Crippen molar-refractivity contribution in [3.63, 3.8) is 0 Å². The summed E-state index contributed by atoms with van der Waals surface area (Å²) in [5.74, 6) is 2.47. The van der Waals surface area contributed by atoms with Gasteiger partial charge < -0.3 is 4.57 Å². The van der Waals surface area contributed by atoms with E-state index in [2.05, 4.69) is 5.92 Å². The molecular formula is C8H7NO. The molecule has 0 aliphatic carbocycles. The highest BCUT2D eigenvalue weighted by atomic mass is 16.1. The summed E-state index contributed by atoms with van der Waals surface area (Å²) in [6, 6.07) is 1.73. The molecule has 0 aliphatic heterocycles. The summed E-state index contributed by atoms with van der Waals surface area (Å²) >= 11 is 0. The molecular weight excluding hydrogens is 126 g/mol. The predicted molar refractivity (Wildman–Crippen MR) is 38.7 cm³/mol. The SMILES string of the molecule is C#CCn1ccc(C=O)c1. The number of hydrogen-bond donors (Lipinski definition) is 0. The number of rotatable bonds is 2. The molecule has 0 radical (unpaired) electrons. The third kappa shape index (κ3) is 1.26. The first-order chi connectivity index (χ1) is 4.86. The van der Waals surface area contributed by atoms with Crippen molar-refractivity contribution in [3.05, 3.63) is 24.0 Å². The quantitative estimate of drug-likeness (QED) is 0.434. The summed E-state index contributed by atoms with van der Waals surface area (Å²) in [6.45, 7) is 0.522. The van der Waals surface area contributed by atoms with Gasteiger partial charge in [-0.1, -0.05) is 5.92 Å². The van der Waals surface area contributed by atoms with E-state index in [0.29, 0.717) is 12.1 Å². The van der Waals surface area contributed by atoms with Gasteiger partial charge in [-0.25, -0.2) is 0 Å². The van der Waals surface area contributed by atoms with E-state index in [1.807, 2.05) is 0 Å². The zero-order chi connectivity index (χ0) is 7.40. The average molecular weight is 133 g/mol. The van der Waals surface area contributed by atoms with Crippen molar-refractivity contribution in [1.82, 2.24) is 4.57 Å². The normalized spacial score (nSPS) is 8.70. The first-order valence-electron chi connectivity index (χ1n) is 2.91. The molecule has 0 saturated heterocycles. The van der Waals surface area contributed by atoms with Crippen LogP contribution in [0.1, 0.15) is 10.4 Å². The van der Waals surface area contributed by atoms with E-state index in [0.717, 1.165) is 6.29 Å². The molecule has 0 N–H and O–H groups in total. The van der Waals surface area contributed by atoms with Gasteiger partial charge in [-0.15, -0.1) is 6.42 Å². The lowest BCUT2D eigenvalue weighted by molar-refractivity contribution is 0.112. The Bertz CT molecular complexity index is 267. The molecule has 1 aromatic rings. The van der Waals surface area contributed by atoms with Crippen LogP contribution in [0.15, 0.2) is 18.5 Å². The first kappa shape index (κ1) is 6.63. The number of nitrogens with zero attached hydrogens (tertiary/aromatic N) is 1. The molecule has 1 heterocycles. The Morgan fingerprint density at radius 2 is 2.60 bits per heavy atom. The van der Waals surface area contributed by atoms with Crippen LogP contribution in [0.25, 0.3) is 0 Å². The third-order valence-electron chi connectivity index (χ3n) is 1.18. The summed E-state index contributed by atoms with van der Waals surface area (Å²) < 4.78 is 1.78. The van der Waals surface area contributed by atoms with Gasteiger partial charge in [0.2, 0.25) is 0 Å². The lowest BCUT2D eigenvalue weighted by Crippen LogP contribution is -1.89. The largest absolute Gasteiger partial charge is 0.342 e. The Balaban J connectivity index is 2.80. The van der Waals surface area contributed by atoms with Crippen molar-refractivity contribution in [2.45, 2.75) is 6.54 Å². The van der Waals surface area contributed by atoms with Crippen molar-refractivity contribution in [3.8, 4) is 12.3 Å². The van der Waals surface area contributed by atoms with Gasteiger partial charge in [0.05, 0.1) is 6.54 Å². The van der Waals surface area contributed by atoms with Crippen molar-refractivity contribution < 1.29 is 4.79 Å². The topological polar surface area (TPSA) is 22.0 Å². The number of carbonyl (C=O) groups excluding carboxylic acids is 1. The molecule has 0 bridgehead atoms. The second-order valence-electron chi connectivity index (χ2n) is 1.94. The summed E-state index contributed by atoms with van der Waals surface area (Å²) in [7, 11) is 0. The number of aldehydes is 1. The van der Waals surface area contributed by atoms with Gasteiger partial charge in [-0.3, -0.25) is 4.79 Å². The Labute approximate surface area is 59.5 Å². The van der Waals surface area contributed by atoms with E-state index in [4.69, 9.17) is 6.42 Å². The molecule has 0 spiro atoms. The molecule has 0 saturated carbocycles. The fourth-order valence-electron chi connectivity index (χ4n) is 0.733. The van der Waals surface area contributed by atoms with E-state index in [1.165, 1.54) is 0 Å². The number of carbonyl (C=O) groups is 1. The van der Waals surface area contributed by atoms with Crippen LogP contribution in [0.2, 0.25) is 0 Å². The standard InChI is InChI=1S/C8H7NO/c1-2-4-9-5-3-8(6-9)7-10/h1,3,5-7H,4H2. The Morgan fingerprint density at radius 3 is 3.10 bits per heavy atom. The fourth-order valence-corrected chi connectivity index (χ4v) is 0.733. The molecule has 10 heavy (non-hydrogen) atoms. The van der Waals surface area contributed by atoms with E-state index in [9.17, 15) is 4.79 Å². The molecule has 50 valence electrons. The monoisotopic (exact) mass is 133 g/mol. The zero-order valence-corrected chi connectivity index (χ0v) is 5.45. The van der Waals surface area contributed by atoms with Gasteiger partial charge >= 0.3 is 0 Å². The summed E-state index contributed by atoms with van der Waals surface area (Å²) in [5, 5.41) is 0. The lowest BCUT2D eigenvalue weighted by Gasteiger charge is -1.90. The maximum absolute atomic E-state index is 10.2. The number of hydrogen-bond acceptors (Lipinski definition) is 1. The van der Waals surface area contributed by atoms with E-state index >= 15 is 0 Å². The van der Waals surface area contributed by atoms with Crippen LogP contribution in [0.3, 0.4) is 0 Å². The summed E-state index contributed by atoms with van der Waals surface area (Å²) in [6.07, 6.45) is 9.35. The van der Waals surface area contributed by atoms with Crippen molar-refractivity contribution >= 4 is 6.29 Å². The number of terminal acetylenes is 1. The summed E-state index contributed by atoms with van der Waals surface area (Å²) in [5.41, 5.74) is 0.662. The summed E-state index contributed by atoms with van der Waals surface area (Å²) in [4.78, 5) is 10.2. The second kappa shape index (κ2) is 2.88. The first-order valence-corrected chi connectivity index (χ1v) is 2.91. The van der Waals surface area contributed by atoms with Crippen LogP contribution in [0.5, 0.6) is 0 Å². The molecule has 0 fully saturated rings. The molecule has 2 nitrogen and oxygen atoms in total. The molecule has 0 atom stereocenters. The second-order valence-corrected chi connectivity index (χ2v) is 1.94. The van der Waals surface area contributed by atoms with Gasteiger partial charge in [-0.2, -0.15) is 0 Å². The number of aromatic nitrogens is 1. The van der Waals surface area contributed by atoms with E-state index < -0.39 is 0 Å². The Morgan fingerprint density at radius 1 is 1.80 bits per heavy atom. The van der Waals surface area contributed by atoms with Crippen molar-refractivity contribution in [2.24, 2.45) is 0 Å². The van der Waals surface area contributed by atoms with Crippen molar-refractivity contribution in [2.75, 3.05) is 0 Å². The lowest BCUT2D eigenvalue weighted by atomic mass is 10.4. The smallest absolute Gasteiger partial charge is 0.151 e. The van der Waals surface area contributed by atoms with Crippen LogP contribution in [0, 0.1) is 12.3 Å². The Kier molecular flexibility index (Phi) is 1.91. The fraction of sp³-hybridized carbons (Fsp3) is 0.125. The van der Waals surface area contributed by atoms with Gasteiger partial charge in [0.25, 0.3) is 0 Å². The highest BCUT2D eigenvalue weighted by Gasteiger charge is 1.90. The van der Waals surface area contributed by atoms with Gasteiger partial charge in [-0.05, 0) is 6.07 Å². The Hall–Kier alpha value is -1.49. The molecule has 0 unspecified atom stereocenters. The third-order valence-corrected chi connectivity index (χ3v) is 1.18. The van der Waals surface area contributed by atoms with Crippen LogP contribution >= 0.6 is 0 Å². The molecule has 0 aliphatic rings. The molecule has 0 amide bonds. The van der Waals surface area contributed by atoms with Crippen LogP contribution in [0.4, 0.5) is 0 Å². The molecule has 2 heteroatoms. The average Bonchev–Trinajstić information content (AvgIpc) is 2.37. The van der Waals surface area contributed by atoms with Crippen LogP contribution in [-0.4, -0.2) is 10.9 Å². The van der Waals surface area contributed by atoms with Crippen molar-refractivity contribution in [1.29, 1.82) is 0 Å². The molecule has 0 aromatic carbocycles. The predicted octanol–water partition coefficient (Wildman–Crippen LogP) is 0.934. The maximum Gasteiger partial charge on any atom is 0.151 e. The molecule has 1 aromatic heterocycles.